The highest BCUT2D eigenvalue weighted by molar-refractivity contribution is 5.92. The molecule has 3 nitrogen and oxygen atoms in total. The van der Waals surface area contributed by atoms with Gasteiger partial charge in [0.25, 0.3) is 0 Å². The summed E-state index contributed by atoms with van der Waals surface area (Å²) in [6, 6.07) is 0. The minimum absolute atomic E-state index is 0.112. The minimum atomic E-state index is -0.218. The lowest BCUT2D eigenvalue weighted by molar-refractivity contribution is -0.137. The lowest BCUT2D eigenvalue weighted by Gasteiger charge is -2.58. The molecular formula is C25H34O3. The monoisotopic (exact) mass is 382 g/mol. The molecule has 0 unspecified atom stereocenters. The summed E-state index contributed by atoms with van der Waals surface area (Å²) in [7, 11) is 0. The molecule has 4 rings (SSSR count). The van der Waals surface area contributed by atoms with Crippen LogP contribution in [0.5, 0.6) is 0 Å². The van der Waals surface area contributed by atoms with Gasteiger partial charge in [0.15, 0.2) is 5.78 Å². The van der Waals surface area contributed by atoms with Crippen LogP contribution in [0, 0.1) is 28.6 Å². The highest BCUT2D eigenvalue weighted by Crippen LogP contribution is 2.66. The van der Waals surface area contributed by atoms with Gasteiger partial charge in [-0.1, -0.05) is 33.3 Å². The van der Waals surface area contributed by atoms with Crippen molar-refractivity contribution >= 4 is 11.8 Å². The Kier molecular flexibility index (Phi) is 5.14. The highest BCUT2D eigenvalue weighted by Gasteiger charge is 2.57. The fraction of sp³-hybridized carbons (Fsp3) is 0.680. The van der Waals surface area contributed by atoms with E-state index in [-0.39, 0.29) is 17.2 Å². The van der Waals surface area contributed by atoms with E-state index < -0.39 is 0 Å². The Labute approximate surface area is 169 Å². The number of allylic oxidation sites excluding steroid dienone is 4. The van der Waals surface area contributed by atoms with Crippen LogP contribution in [0.3, 0.4) is 0 Å². The Bertz CT molecular complexity index is 758. The summed E-state index contributed by atoms with van der Waals surface area (Å²) in [6.07, 6.45) is 17.2. The van der Waals surface area contributed by atoms with Crippen molar-refractivity contribution in [3.8, 4) is 0 Å². The number of carbonyl (C=O) groups is 2. The molecule has 5 atom stereocenters. The summed E-state index contributed by atoms with van der Waals surface area (Å²) in [5.41, 5.74) is 3.18. The molecule has 152 valence electrons. The van der Waals surface area contributed by atoms with Crippen LogP contribution in [-0.4, -0.2) is 11.8 Å². The van der Waals surface area contributed by atoms with Crippen LogP contribution in [-0.2, 0) is 14.3 Å². The third-order valence-corrected chi connectivity index (χ3v) is 8.51. The van der Waals surface area contributed by atoms with Crippen LogP contribution in [0.2, 0.25) is 0 Å². The van der Waals surface area contributed by atoms with Gasteiger partial charge in [-0.05, 0) is 90.4 Å². The molecule has 4 aliphatic carbocycles. The number of ether oxygens (including phenoxy) is 1. The van der Waals surface area contributed by atoms with E-state index in [1.807, 2.05) is 12.2 Å². The average molecular weight is 383 g/mol. The molecule has 3 saturated carbocycles. The Morgan fingerprint density at radius 1 is 1.21 bits per heavy atom. The molecule has 0 saturated heterocycles. The molecule has 0 aromatic rings. The molecule has 0 aromatic heterocycles. The Balaban J connectivity index is 1.68. The average Bonchev–Trinajstić information content (AvgIpc) is 3.08. The van der Waals surface area contributed by atoms with E-state index in [9.17, 15) is 9.59 Å². The highest BCUT2D eigenvalue weighted by atomic mass is 16.5. The number of hydrogen-bond donors (Lipinski definition) is 0. The first-order valence-corrected chi connectivity index (χ1v) is 11.2. The molecule has 0 N–H and O–H groups in total. The predicted octanol–water partition coefficient (Wildman–Crippen LogP) is 5.91. The Morgan fingerprint density at radius 2 is 2.04 bits per heavy atom. The predicted molar refractivity (Wildman–Crippen MR) is 110 cm³/mol. The van der Waals surface area contributed by atoms with Crippen LogP contribution in [0.1, 0.15) is 78.6 Å². The van der Waals surface area contributed by atoms with Crippen LogP contribution in [0.25, 0.3) is 0 Å². The topological polar surface area (TPSA) is 43.4 Å². The third kappa shape index (κ3) is 3.21. The van der Waals surface area contributed by atoms with Crippen molar-refractivity contribution in [1.82, 2.24) is 0 Å². The van der Waals surface area contributed by atoms with E-state index >= 15 is 0 Å². The normalized spacial score (nSPS) is 41.4. The van der Waals surface area contributed by atoms with Gasteiger partial charge in [-0.25, -0.2) is 0 Å². The van der Waals surface area contributed by atoms with Crippen molar-refractivity contribution in [3.05, 3.63) is 35.6 Å². The SMILES string of the molecule is CCC(=O)OC=CC=C1C[C@H]2[C@@H]3CCC[C@@]3(C)CC[C@@H]2[C@@]2(C)CCC(=O)C=C12. The smallest absolute Gasteiger partial charge is 0.310 e. The van der Waals surface area contributed by atoms with E-state index in [2.05, 4.69) is 19.9 Å². The molecule has 3 fully saturated rings. The van der Waals surface area contributed by atoms with Gasteiger partial charge in [0.2, 0.25) is 0 Å². The number of carbonyl (C=O) groups excluding carboxylic acids is 2. The molecule has 4 aliphatic rings. The van der Waals surface area contributed by atoms with Gasteiger partial charge >= 0.3 is 5.97 Å². The summed E-state index contributed by atoms with van der Waals surface area (Å²) < 4.78 is 5.11. The van der Waals surface area contributed by atoms with E-state index in [0.717, 1.165) is 24.7 Å². The fourth-order valence-corrected chi connectivity index (χ4v) is 6.99. The minimum Gasteiger partial charge on any atom is -0.434 e. The Hall–Kier alpha value is -1.64. The lowest BCUT2D eigenvalue weighted by Crippen LogP contribution is -2.50. The molecule has 0 bridgehead atoms. The van der Waals surface area contributed by atoms with Gasteiger partial charge in [0.05, 0.1) is 6.26 Å². The lowest BCUT2D eigenvalue weighted by atomic mass is 9.46. The van der Waals surface area contributed by atoms with Crippen LogP contribution in [0.15, 0.2) is 35.6 Å². The zero-order valence-corrected chi connectivity index (χ0v) is 17.6. The molecule has 0 amide bonds. The number of fused-ring (bicyclic) bond motifs is 5. The van der Waals surface area contributed by atoms with Crippen molar-refractivity contribution < 1.29 is 14.3 Å². The molecular weight excluding hydrogens is 348 g/mol. The molecule has 0 heterocycles. The fourth-order valence-electron chi connectivity index (χ4n) is 6.99. The second kappa shape index (κ2) is 7.31. The number of hydrogen-bond acceptors (Lipinski definition) is 3. The van der Waals surface area contributed by atoms with Crippen LogP contribution in [0.4, 0.5) is 0 Å². The van der Waals surface area contributed by atoms with Gasteiger partial charge in [0.1, 0.15) is 0 Å². The zero-order chi connectivity index (χ0) is 19.9. The van der Waals surface area contributed by atoms with Gasteiger partial charge in [-0.15, -0.1) is 0 Å². The maximum Gasteiger partial charge on any atom is 0.310 e. The summed E-state index contributed by atoms with van der Waals surface area (Å²) >= 11 is 0. The second-order valence-corrected chi connectivity index (χ2v) is 9.97. The van der Waals surface area contributed by atoms with Gasteiger partial charge in [0, 0.05) is 12.8 Å². The first kappa shape index (κ1) is 19.7. The molecule has 3 heteroatoms. The standard InChI is InChI=1S/C25H34O3/c1-4-23(27)28-14-6-7-17-15-19-20-8-5-11-24(20,2)12-10-21(19)25(3)13-9-18(26)16-22(17)25/h6-7,14,16,19-21H,4-5,8-13,15H2,1-3H3/t19-,20-,21-,24-,25+/m0/s1. The number of esters is 1. The first-order chi connectivity index (χ1) is 13.4. The van der Waals surface area contributed by atoms with E-state index in [4.69, 9.17) is 4.74 Å². The van der Waals surface area contributed by atoms with Crippen molar-refractivity contribution in [3.63, 3.8) is 0 Å². The summed E-state index contributed by atoms with van der Waals surface area (Å²) in [6.45, 7) is 6.72. The first-order valence-electron chi connectivity index (χ1n) is 11.2. The summed E-state index contributed by atoms with van der Waals surface area (Å²) in [5.74, 6) is 2.27. The molecule has 28 heavy (non-hydrogen) atoms. The second-order valence-electron chi connectivity index (χ2n) is 9.97. The Morgan fingerprint density at radius 3 is 2.82 bits per heavy atom. The van der Waals surface area contributed by atoms with Gasteiger partial charge in [-0.3, -0.25) is 9.59 Å². The van der Waals surface area contributed by atoms with Crippen LogP contribution < -0.4 is 0 Å². The summed E-state index contributed by atoms with van der Waals surface area (Å²) in [5, 5.41) is 0. The maximum absolute atomic E-state index is 12.3. The van der Waals surface area contributed by atoms with E-state index in [0.29, 0.717) is 24.2 Å². The van der Waals surface area contributed by atoms with Gasteiger partial charge in [-0.2, -0.15) is 0 Å². The zero-order valence-electron chi connectivity index (χ0n) is 17.6. The number of ketones is 1. The molecule has 0 spiro atoms. The van der Waals surface area contributed by atoms with E-state index in [1.165, 1.54) is 49.5 Å². The quantitative estimate of drug-likeness (QED) is 0.450. The molecule has 0 aromatic carbocycles. The number of rotatable bonds is 3. The van der Waals surface area contributed by atoms with Crippen molar-refractivity contribution in [1.29, 1.82) is 0 Å². The van der Waals surface area contributed by atoms with Crippen molar-refractivity contribution in [2.45, 2.75) is 78.6 Å². The third-order valence-electron chi connectivity index (χ3n) is 8.51. The van der Waals surface area contributed by atoms with E-state index in [1.54, 1.807) is 6.92 Å². The molecule has 0 radical (unpaired) electrons. The van der Waals surface area contributed by atoms with Crippen molar-refractivity contribution in [2.24, 2.45) is 28.6 Å². The maximum atomic E-state index is 12.3. The summed E-state index contributed by atoms with van der Waals surface area (Å²) in [4.78, 5) is 23.6. The van der Waals surface area contributed by atoms with Crippen LogP contribution >= 0.6 is 0 Å². The largest absolute Gasteiger partial charge is 0.434 e. The van der Waals surface area contributed by atoms with Crippen molar-refractivity contribution in [2.75, 3.05) is 0 Å². The molecule has 0 aliphatic heterocycles. The van der Waals surface area contributed by atoms with Gasteiger partial charge < -0.3 is 4.74 Å².